The number of hydrogen-bond donors (Lipinski definition) is 2. The van der Waals surface area contributed by atoms with Crippen molar-refractivity contribution in [2.24, 2.45) is 11.8 Å². The van der Waals surface area contributed by atoms with Crippen molar-refractivity contribution in [1.29, 1.82) is 0 Å². The second-order valence-corrected chi connectivity index (χ2v) is 9.28. The number of benzene rings is 1. The SMILES string of the molecule is C=CCC[C@H](Cc1ccccc1)C(=O)OC[C@H](C)NC(=O)[C@H](CC=C)CC(=O)N1CCC[C@H]1CO. The van der Waals surface area contributed by atoms with Crippen LogP contribution in [0.2, 0.25) is 0 Å². The summed E-state index contributed by atoms with van der Waals surface area (Å²) in [6, 6.07) is 9.24. The number of nitrogens with one attached hydrogen (secondary N) is 1. The smallest absolute Gasteiger partial charge is 0.309 e. The van der Waals surface area contributed by atoms with Gasteiger partial charge in [-0.15, -0.1) is 13.2 Å². The van der Waals surface area contributed by atoms with Gasteiger partial charge in [-0.05, 0) is 51.0 Å². The van der Waals surface area contributed by atoms with E-state index in [1.807, 2.05) is 30.3 Å². The highest BCUT2D eigenvalue weighted by Gasteiger charge is 2.31. The Kier molecular flexibility index (Phi) is 12.2. The molecule has 0 radical (unpaired) electrons. The highest BCUT2D eigenvalue weighted by atomic mass is 16.5. The summed E-state index contributed by atoms with van der Waals surface area (Å²) in [5.41, 5.74) is 1.07. The van der Waals surface area contributed by atoms with Crippen LogP contribution in [0.15, 0.2) is 55.6 Å². The standard InChI is InChI=1S/C28H40N2O5/c1-4-6-14-24(17-22-12-8-7-9-13-22)28(34)35-20-21(3)29-27(33)23(11-5-2)18-26(32)30-16-10-15-25(30)19-31/h4-5,7-9,12-13,21,23-25,31H,1-2,6,10-11,14-20H2,3H3,(H,29,33)/t21-,23+,24+,25-/m0/s1. The van der Waals surface area contributed by atoms with E-state index >= 15 is 0 Å². The summed E-state index contributed by atoms with van der Waals surface area (Å²) in [5, 5.41) is 12.4. The molecule has 1 aromatic rings. The van der Waals surface area contributed by atoms with Crippen LogP contribution in [-0.4, -0.2) is 59.6 Å². The van der Waals surface area contributed by atoms with Crippen molar-refractivity contribution in [3.63, 3.8) is 0 Å². The zero-order valence-electron chi connectivity index (χ0n) is 20.9. The number of rotatable bonds is 15. The Bertz CT molecular complexity index is 841. The van der Waals surface area contributed by atoms with E-state index in [1.54, 1.807) is 24.0 Å². The van der Waals surface area contributed by atoms with Gasteiger partial charge in [0, 0.05) is 13.0 Å². The Morgan fingerprint density at radius 3 is 2.60 bits per heavy atom. The molecule has 1 aliphatic rings. The third kappa shape index (κ3) is 9.32. The van der Waals surface area contributed by atoms with Crippen LogP contribution in [0, 0.1) is 11.8 Å². The summed E-state index contributed by atoms with van der Waals surface area (Å²) in [7, 11) is 0. The summed E-state index contributed by atoms with van der Waals surface area (Å²) in [5.74, 6) is -1.54. The van der Waals surface area contributed by atoms with Gasteiger partial charge in [0.1, 0.15) is 6.61 Å². The monoisotopic (exact) mass is 484 g/mol. The van der Waals surface area contributed by atoms with Crippen LogP contribution in [-0.2, 0) is 25.5 Å². The Labute approximate surface area is 209 Å². The van der Waals surface area contributed by atoms with Crippen LogP contribution in [0.3, 0.4) is 0 Å². The zero-order chi connectivity index (χ0) is 25.6. The fourth-order valence-corrected chi connectivity index (χ4v) is 4.41. The third-order valence-electron chi connectivity index (χ3n) is 6.39. The third-order valence-corrected chi connectivity index (χ3v) is 6.39. The number of nitrogens with zero attached hydrogens (tertiary/aromatic N) is 1. The Balaban J connectivity index is 1.88. The topological polar surface area (TPSA) is 95.9 Å². The second-order valence-electron chi connectivity index (χ2n) is 9.28. The van der Waals surface area contributed by atoms with Crippen LogP contribution in [0.4, 0.5) is 0 Å². The predicted octanol–water partition coefficient (Wildman–Crippen LogP) is 3.43. The fraction of sp³-hybridized carbons (Fsp3) is 0.536. The summed E-state index contributed by atoms with van der Waals surface area (Å²) in [6.45, 7) is 9.83. The molecule has 0 spiro atoms. The van der Waals surface area contributed by atoms with E-state index in [0.717, 1.165) is 18.4 Å². The molecule has 2 amide bonds. The minimum atomic E-state index is -0.559. The van der Waals surface area contributed by atoms with Crippen molar-refractivity contribution in [1.82, 2.24) is 10.2 Å². The molecule has 7 nitrogen and oxygen atoms in total. The minimum absolute atomic E-state index is 0.0530. The number of carbonyl (C=O) groups is 3. The summed E-state index contributed by atoms with van der Waals surface area (Å²) in [6.07, 6.45) is 7.42. The fourth-order valence-electron chi connectivity index (χ4n) is 4.41. The first-order valence-corrected chi connectivity index (χ1v) is 12.5. The molecule has 35 heavy (non-hydrogen) atoms. The second kappa shape index (κ2) is 15.1. The highest BCUT2D eigenvalue weighted by Crippen LogP contribution is 2.21. The average Bonchev–Trinajstić information content (AvgIpc) is 3.34. The lowest BCUT2D eigenvalue weighted by molar-refractivity contribution is -0.150. The molecule has 1 saturated heterocycles. The normalized spacial score (nSPS) is 17.8. The first kappa shape index (κ1) is 28.3. The first-order valence-electron chi connectivity index (χ1n) is 12.5. The molecule has 0 saturated carbocycles. The lowest BCUT2D eigenvalue weighted by Crippen LogP contribution is -2.43. The molecular weight excluding hydrogens is 444 g/mol. The van der Waals surface area contributed by atoms with E-state index < -0.39 is 12.0 Å². The Morgan fingerprint density at radius 1 is 1.20 bits per heavy atom. The number of carbonyl (C=O) groups excluding carboxylic acids is 3. The summed E-state index contributed by atoms with van der Waals surface area (Å²) < 4.78 is 5.56. The maximum absolute atomic E-state index is 12.9. The molecule has 4 atom stereocenters. The van der Waals surface area contributed by atoms with E-state index in [2.05, 4.69) is 18.5 Å². The predicted molar refractivity (Wildman–Crippen MR) is 136 cm³/mol. The molecule has 1 aliphatic heterocycles. The summed E-state index contributed by atoms with van der Waals surface area (Å²) in [4.78, 5) is 40.1. The molecule has 0 aromatic heterocycles. The van der Waals surface area contributed by atoms with Gasteiger partial charge < -0.3 is 20.1 Å². The molecule has 1 heterocycles. The summed E-state index contributed by atoms with van der Waals surface area (Å²) >= 11 is 0. The van der Waals surface area contributed by atoms with Gasteiger partial charge in [-0.1, -0.05) is 42.5 Å². The molecule has 0 aliphatic carbocycles. The van der Waals surface area contributed by atoms with Gasteiger partial charge >= 0.3 is 5.97 Å². The van der Waals surface area contributed by atoms with Crippen molar-refractivity contribution in [2.75, 3.05) is 19.8 Å². The number of aliphatic hydroxyl groups is 1. The molecule has 1 aromatic carbocycles. The van der Waals surface area contributed by atoms with Gasteiger partial charge in [-0.25, -0.2) is 0 Å². The number of hydrogen-bond acceptors (Lipinski definition) is 5. The Morgan fingerprint density at radius 2 is 1.94 bits per heavy atom. The zero-order valence-corrected chi connectivity index (χ0v) is 20.9. The number of likely N-dealkylation sites (tertiary alicyclic amines) is 1. The van der Waals surface area contributed by atoms with E-state index in [1.165, 1.54) is 0 Å². The van der Waals surface area contributed by atoms with Crippen LogP contribution in [0.1, 0.15) is 51.0 Å². The van der Waals surface area contributed by atoms with Crippen molar-refractivity contribution < 1.29 is 24.2 Å². The average molecular weight is 485 g/mol. The maximum Gasteiger partial charge on any atom is 0.309 e. The number of amides is 2. The number of ether oxygens (including phenoxy) is 1. The van der Waals surface area contributed by atoms with Crippen molar-refractivity contribution in [2.45, 2.75) is 64.0 Å². The number of esters is 1. The first-order chi connectivity index (χ1) is 16.9. The molecule has 7 heteroatoms. The molecule has 0 bridgehead atoms. The highest BCUT2D eigenvalue weighted by molar-refractivity contribution is 5.86. The van der Waals surface area contributed by atoms with Gasteiger partial charge in [-0.2, -0.15) is 0 Å². The molecule has 2 rings (SSSR count). The van der Waals surface area contributed by atoms with E-state index in [-0.39, 0.29) is 49.4 Å². The van der Waals surface area contributed by atoms with E-state index in [4.69, 9.17) is 4.74 Å². The quantitative estimate of drug-likeness (QED) is 0.294. The molecule has 0 unspecified atom stereocenters. The lowest BCUT2D eigenvalue weighted by atomic mass is 9.95. The Hall–Kier alpha value is -2.93. The van der Waals surface area contributed by atoms with Crippen LogP contribution >= 0.6 is 0 Å². The van der Waals surface area contributed by atoms with Crippen molar-refractivity contribution in [3.05, 3.63) is 61.2 Å². The van der Waals surface area contributed by atoms with Gasteiger partial charge in [0.15, 0.2) is 0 Å². The van der Waals surface area contributed by atoms with Crippen molar-refractivity contribution in [3.8, 4) is 0 Å². The van der Waals surface area contributed by atoms with Crippen LogP contribution in [0.5, 0.6) is 0 Å². The molecule has 2 N–H and O–H groups in total. The molecule has 192 valence electrons. The molecule has 1 fully saturated rings. The minimum Gasteiger partial charge on any atom is -0.463 e. The molecular formula is C28H40N2O5. The largest absolute Gasteiger partial charge is 0.463 e. The van der Waals surface area contributed by atoms with E-state index in [0.29, 0.717) is 32.2 Å². The maximum atomic E-state index is 12.9. The van der Waals surface area contributed by atoms with Gasteiger partial charge in [0.25, 0.3) is 0 Å². The van der Waals surface area contributed by atoms with Gasteiger partial charge in [0.2, 0.25) is 11.8 Å². The van der Waals surface area contributed by atoms with Gasteiger partial charge in [-0.3, -0.25) is 14.4 Å². The number of allylic oxidation sites excluding steroid dienone is 2. The lowest BCUT2D eigenvalue weighted by Gasteiger charge is -2.26. The number of aliphatic hydroxyl groups excluding tert-OH is 1. The van der Waals surface area contributed by atoms with E-state index in [9.17, 15) is 19.5 Å². The van der Waals surface area contributed by atoms with Gasteiger partial charge in [0.05, 0.1) is 30.5 Å². The van der Waals surface area contributed by atoms with Crippen LogP contribution in [0.25, 0.3) is 0 Å². The van der Waals surface area contributed by atoms with Crippen molar-refractivity contribution >= 4 is 17.8 Å². The van der Waals surface area contributed by atoms with Crippen LogP contribution < -0.4 is 5.32 Å².